The fourth-order valence-corrected chi connectivity index (χ4v) is 1.69. The average Bonchev–Trinajstić information content (AvgIpc) is 2.18. The Morgan fingerprint density at radius 1 is 1.29 bits per heavy atom. The summed E-state index contributed by atoms with van der Waals surface area (Å²) in [5.74, 6) is 0.530. The molecule has 78 valence electrons. The van der Waals surface area contributed by atoms with Gasteiger partial charge in [0.15, 0.2) is 0 Å². The fraction of sp³-hybridized carbons (Fsp3) is 0.538. The van der Waals surface area contributed by atoms with E-state index in [1.165, 1.54) is 19.3 Å². The quantitative estimate of drug-likeness (QED) is 0.659. The lowest BCUT2D eigenvalue weighted by Gasteiger charge is -2.10. The summed E-state index contributed by atoms with van der Waals surface area (Å²) in [4.78, 5) is 0. The average molecular weight is 194 g/mol. The van der Waals surface area contributed by atoms with Gasteiger partial charge in [-0.3, -0.25) is 0 Å². The maximum Gasteiger partial charge on any atom is 0.126 e. The summed E-state index contributed by atoms with van der Waals surface area (Å²) < 4.78 is 13.3. The monoisotopic (exact) mass is 194 g/mol. The van der Waals surface area contributed by atoms with Crippen molar-refractivity contribution in [1.29, 1.82) is 0 Å². The van der Waals surface area contributed by atoms with Crippen molar-refractivity contribution in [3.8, 4) is 0 Å². The molecule has 1 rings (SSSR count). The lowest BCUT2D eigenvalue weighted by Crippen LogP contribution is -2.01. The molecule has 1 aromatic carbocycles. The number of unbranched alkanes of at least 4 members (excludes halogenated alkanes) is 1. The van der Waals surface area contributed by atoms with Gasteiger partial charge in [0.2, 0.25) is 0 Å². The lowest BCUT2D eigenvalue weighted by molar-refractivity contribution is 0.489. The Morgan fingerprint density at radius 3 is 2.64 bits per heavy atom. The Balaban J connectivity index is 2.47. The highest BCUT2D eigenvalue weighted by Gasteiger charge is 2.06. The van der Waals surface area contributed by atoms with Crippen molar-refractivity contribution < 1.29 is 4.39 Å². The molecule has 0 radical (unpaired) electrons. The first-order valence-corrected chi connectivity index (χ1v) is 5.47. The van der Waals surface area contributed by atoms with E-state index in [9.17, 15) is 4.39 Å². The third-order valence-electron chi connectivity index (χ3n) is 2.58. The molecule has 0 aliphatic carbocycles. The Kier molecular flexibility index (Phi) is 4.64. The van der Waals surface area contributed by atoms with Gasteiger partial charge in [0, 0.05) is 0 Å². The van der Waals surface area contributed by atoms with Gasteiger partial charge >= 0.3 is 0 Å². The predicted octanol–water partition coefficient (Wildman–Crippen LogP) is 4.19. The van der Waals surface area contributed by atoms with Crippen molar-refractivity contribution in [2.45, 2.75) is 39.5 Å². The van der Waals surface area contributed by atoms with E-state index < -0.39 is 0 Å². The highest BCUT2D eigenvalue weighted by Crippen LogP contribution is 2.16. The standard InChI is InChI=1S/C13H19F/c1-3-4-7-11(2)10-12-8-5-6-9-13(12)14/h5-6,8-9,11H,3-4,7,10H2,1-2H3. The van der Waals surface area contributed by atoms with Crippen LogP contribution in [-0.2, 0) is 6.42 Å². The van der Waals surface area contributed by atoms with E-state index in [4.69, 9.17) is 0 Å². The molecule has 0 bridgehead atoms. The number of rotatable bonds is 5. The molecule has 0 fully saturated rings. The molecule has 0 aliphatic heterocycles. The first-order chi connectivity index (χ1) is 6.74. The van der Waals surface area contributed by atoms with Crippen LogP contribution in [0.4, 0.5) is 4.39 Å². The first kappa shape index (κ1) is 11.2. The Bertz CT molecular complexity index is 268. The zero-order chi connectivity index (χ0) is 10.4. The Hall–Kier alpha value is -0.850. The minimum atomic E-state index is -0.0594. The summed E-state index contributed by atoms with van der Waals surface area (Å²) in [7, 11) is 0. The van der Waals surface area contributed by atoms with E-state index in [-0.39, 0.29) is 5.82 Å². The maximum atomic E-state index is 13.3. The number of halogens is 1. The van der Waals surface area contributed by atoms with Gasteiger partial charge in [-0.1, -0.05) is 51.3 Å². The third kappa shape index (κ3) is 3.49. The van der Waals surface area contributed by atoms with Gasteiger partial charge in [0.1, 0.15) is 5.82 Å². The summed E-state index contributed by atoms with van der Waals surface area (Å²) in [6.45, 7) is 4.39. The minimum absolute atomic E-state index is 0.0594. The molecule has 0 heterocycles. The molecule has 1 heteroatoms. The molecule has 1 atom stereocenters. The van der Waals surface area contributed by atoms with Crippen molar-refractivity contribution in [1.82, 2.24) is 0 Å². The molecule has 1 unspecified atom stereocenters. The predicted molar refractivity (Wildman–Crippen MR) is 58.8 cm³/mol. The second-order valence-corrected chi connectivity index (χ2v) is 4.04. The van der Waals surface area contributed by atoms with E-state index in [1.54, 1.807) is 12.1 Å². The van der Waals surface area contributed by atoms with Crippen molar-refractivity contribution in [3.63, 3.8) is 0 Å². The summed E-state index contributed by atoms with van der Waals surface area (Å²) >= 11 is 0. The molecule has 0 aromatic heterocycles. The van der Waals surface area contributed by atoms with Crippen LogP contribution in [-0.4, -0.2) is 0 Å². The summed E-state index contributed by atoms with van der Waals surface area (Å²) in [6, 6.07) is 7.08. The van der Waals surface area contributed by atoms with E-state index in [2.05, 4.69) is 13.8 Å². The number of hydrogen-bond donors (Lipinski definition) is 0. The first-order valence-electron chi connectivity index (χ1n) is 5.47. The van der Waals surface area contributed by atoms with Crippen LogP contribution in [0.1, 0.15) is 38.7 Å². The van der Waals surface area contributed by atoms with Gasteiger partial charge in [0.25, 0.3) is 0 Å². The Labute approximate surface area is 86.2 Å². The number of hydrogen-bond acceptors (Lipinski definition) is 0. The molecule has 1 aromatic rings. The van der Waals surface area contributed by atoms with Gasteiger partial charge in [-0.25, -0.2) is 4.39 Å². The molecule has 0 spiro atoms. The van der Waals surface area contributed by atoms with Crippen LogP contribution in [0.25, 0.3) is 0 Å². The molecule has 0 nitrogen and oxygen atoms in total. The molecule has 0 amide bonds. The highest BCUT2D eigenvalue weighted by atomic mass is 19.1. The van der Waals surface area contributed by atoms with E-state index in [1.807, 2.05) is 12.1 Å². The second-order valence-electron chi connectivity index (χ2n) is 4.04. The zero-order valence-corrected chi connectivity index (χ0v) is 9.09. The Morgan fingerprint density at radius 2 is 2.00 bits per heavy atom. The minimum Gasteiger partial charge on any atom is -0.207 e. The van der Waals surface area contributed by atoms with Crippen LogP contribution in [0.3, 0.4) is 0 Å². The van der Waals surface area contributed by atoms with Crippen LogP contribution in [0.15, 0.2) is 24.3 Å². The van der Waals surface area contributed by atoms with Crippen molar-refractivity contribution in [3.05, 3.63) is 35.6 Å². The van der Waals surface area contributed by atoms with Crippen molar-refractivity contribution in [2.75, 3.05) is 0 Å². The summed E-state index contributed by atoms with van der Waals surface area (Å²) in [5, 5.41) is 0. The largest absolute Gasteiger partial charge is 0.207 e. The van der Waals surface area contributed by atoms with Gasteiger partial charge in [-0.05, 0) is 24.0 Å². The molecular weight excluding hydrogens is 175 g/mol. The fourth-order valence-electron chi connectivity index (χ4n) is 1.69. The zero-order valence-electron chi connectivity index (χ0n) is 9.09. The van der Waals surface area contributed by atoms with Crippen molar-refractivity contribution >= 4 is 0 Å². The van der Waals surface area contributed by atoms with Crippen LogP contribution in [0, 0.1) is 11.7 Å². The topological polar surface area (TPSA) is 0 Å². The molecule has 0 saturated carbocycles. The van der Waals surface area contributed by atoms with Gasteiger partial charge in [0.05, 0.1) is 0 Å². The van der Waals surface area contributed by atoms with Gasteiger partial charge in [-0.2, -0.15) is 0 Å². The van der Waals surface area contributed by atoms with E-state index in [0.29, 0.717) is 5.92 Å². The van der Waals surface area contributed by atoms with Crippen LogP contribution < -0.4 is 0 Å². The third-order valence-corrected chi connectivity index (χ3v) is 2.58. The molecule has 0 N–H and O–H groups in total. The number of benzene rings is 1. The highest BCUT2D eigenvalue weighted by molar-refractivity contribution is 5.17. The van der Waals surface area contributed by atoms with E-state index in [0.717, 1.165) is 12.0 Å². The van der Waals surface area contributed by atoms with Crippen LogP contribution in [0.5, 0.6) is 0 Å². The summed E-state index contributed by atoms with van der Waals surface area (Å²) in [5.41, 5.74) is 0.858. The molecule has 0 saturated heterocycles. The van der Waals surface area contributed by atoms with Crippen LogP contribution >= 0.6 is 0 Å². The molecular formula is C13H19F. The second kappa shape index (κ2) is 5.79. The smallest absolute Gasteiger partial charge is 0.126 e. The normalized spacial score (nSPS) is 12.8. The maximum absolute atomic E-state index is 13.3. The van der Waals surface area contributed by atoms with Gasteiger partial charge < -0.3 is 0 Å². The van der Waals surface area contributed by atoms with Gasteiger partial charge in [-0.15, -0.1) is 0 Å². The lowest BCUT2D eigenvalue weighted by atomic mass is 9.96. The molecule has 14 heavy (non-hydrogen) atoms. The molecule has 0 aliphatic rings. The van der Waals surface area contributed by atoms with Crippen molar-refractivity contribution in [2.24, 2.45) is 5.92 Å². The van der Waals surface area contributed by atoms with Crippen LogP contribution in [0.2, 0.25) is 0 Å². The SMILES string of the molecule is CCCCC(C)Cc1ccccc1F. The van der Waals surface area contributed by atoms with E-state index >= 15 is 0 Å². The summed E-state index contributed by atoms with van der Waals surface area (Å²) in [6.07, 6.45) is 4.54.